The van der Waals surface area contributed by atoms with E-state index in [1.165, 1.54) is 0 Å². The van der Waals surface area contributed by atoms with Gasteiger partial charge in [-0.15, -0.1) is 0 Å². The molecule has 1 aromatic rings. The zero-order valence-corrected chi connectivity index (χ0v) is 9.04. The molecule has 2 fully saturated rings. The number of hydrogen-bond acceptors (Lipinski definition) is 5. The van der Waals surface area contributed by atoms with Gasteiger partial charge in [0.15, 0.2) is 0 Å². The van der Waals surface area contributed by atoms with Gasteiger partial charge in [-0.1, -0.05) is 0 Å². The molecule has 82 valence electrons. The largest absolute Gasteiger partial charge is 0.393 e. The predicted molar refractivity (Wildman–Crippen MR) is 57.3 cm³/mol. The molecule has 0 saturated carbocycles. The standard InChI is InChI=1S/C9H13N3O2S/c13-7-3-5-1-2-6(4-7)12(5)8-9(14)11-15-10-8/h5-7,13H,1-4H2,(H,11,14). The van der Waals surface area contributed by atoms with Crippen molar-refractivity contribution in [2.45, 2.75) is 43.9 Å². The molecule has 2 aliphatic heterocycles. The molecule has 1 aromatic heterocycles. The minimum absolute atomic E-state index is 0.0895. The highest BCUT2D eigenvalue weighted by atomic mass is 32.1. The quantitative estimate of drug-likeness (QED) is 0.725. The first-order chi connectivity index (χ1) is 7.25. The topological polar surface area (TPSA) is 69.2 Å². The van der Waals surface area contributed by atoms with Crippen LogP contribution in [0.2, 0.25) is 0 Å². The Morgan fingerprint density at radius 3 is 2.60 bits per heavy atom. The van der Waals surface area contributed by atoms with E-state index in [1.807, 2.05) is 0 Å². The number of aromatic amines is 1. The van der Waals surface area contributed by atoms with Crippen LogP contribution in [0.5, 0.6) is 0 Å². The zero-order chi connectivity index (χ0) is 10.4. The number of aromatic nitrogens is 2. The molecule has 2 saturated heterocycles. The van der Waals surface area contributed by atoms with Crippen molar-refractivity contribution < 1.29 is 5.11 Å². The summed E-state index contributed by atoms with van der Waals surface area (Å²) >= 11 is 1.10. The van der Waals surface area contributed by atoms with Gasteiger partial charge in [-0.25, -0.2) is 0 Å². The Kier molecular flexibility index (Phi) is 2.07. The fraction of sp³-hybridized carbons (Fsp3) is 0.778. The lowest BCUT2D eigenvalue weighted by Crippen LogP contribution is -2.46. The second-order valence-corrected chi connectivity index (χ2v) is 4.92. The first-order valence-electron chi connectivity index (χ1n) is 5.26. The van der Waals surface area contributed by atoms with Crippen LogP contribution in [0.15, 0.2) is 4.79 Å². The fourth-order valence-corrected chi connectivity index (χ4v) is 3.34. The van der Waals surface area contributed by atoms with Gasteiger partial charge in [0.1, 0.15) is 0 Å². The lowest BCUT2D eigenvalue weighted by atomic mass is 10.0. The summed E-state index contributed by atoms with van der Waals surface area (Å²) in [4.78, 5) is 13.6. The molecule has 2 atom stereocenters. The van der Waals surface area contributed by atoms with Gasteiger partial charge in [0.2, 0.25) is 5.82 Å². The van der Waals surface area contributed by atoms with E-state index >= 15 is 0 Å². The van der Waals surface area contributed by atoms with Crippen LogP contribution in [0, 0.1) is 0 Å². The number of aliphatic hydroxyl groups is 1. The highest BCUT2D eigenvalue weighted by Gasteiger charge is 2.42. The fourth-order valence-electron chi connectivity index (χ4n) is 2.85. The molecule has 0 spiro atoms. The van der Waals surface area contributed by atoms with E-state index in [4.69, 9.17) is 0 Å². The Labute approximate surface area is 91.1 Å². The van der Waals surface area contributed by atoms with Crippen molar-refractivity contribution in [3.8, 4) is 0 Å². The second-order valence-electron chi connectivity index (χ2n) is 4.35. The summed E-state index contributed by atoms with van der Waals surface area (Å²) in [7, 11) is 0. The van der Waals surface area contributed by atoms with Gasteiger partial charge in [-0.3, -0.25) is 9.17 Å². The van der Waals surface area contributed by atoms with Crippen LogP contribution in [0.25, 0.3) is 0 Å². The van der Waals surface area contributed by atoms with E-state index in [1.54, 1.807) is 0 Å². The third kappa shape index (κ3) is 1.39. The Balaban J connectivity index is 1.95. The average molecular weight is 227 g/mol. The summed E-state index contributed by atoms with van der Waals surface area (Å²) in [5.41, 5.74) is -0.0895. The summed E-state index contributed by atoms with van der Waals surface area (Å²) in [5.74, 6) is 0.555. The molecule has 2 bridgehead atoms. The van der Waals surface area contributed by atoms with Gasteiger partial charge in [0.25, 0.3) is 0 Å². The molecule has 3 rings (SSSR count). The minimum Gasteiger partial charge on any atom is -0.393 e. The second kappa shape index (κ2) is 3.31. The molecule has 0 amide bonds. The van der Waals surface area contributed by atoms with Crippen molar-refractivity contribution in [2.24, 2.45) is 0 Å². The van der Waals surface area contributed by atoms with Crippen LogP contribution in [0.1, 0.15) is 25.7 Å². The maximum absolute atomic E-state index is 11.5. The number of piperidine rings is 1. The molecular weight excluding hydrogens is 214 g/mol. The maximum atomic E-state index is 11.5. The van der Waals surface area contributed by atoms with Crippen molar-refractivity contribution in [2.75, 3.05) is 4.90 Å². The molecule has 2 unspecified atom stereocenters. The van der Waals surface area contributed by atoms with Crippen molar-refractivity contribution in [1.82, 2.24) is 8.75 Å². The number of nitrogens with zero attached hydrogens (tertiary/aromatic N) is 2. The summed E-state index contributed by atoms with van der Waals surface area (Å²) < 4.78 is 6.74. The molecule has 0 aromatic carbocycles. The highest BCUT2D eigenvalue weighted by Crippen LogP contribution is 2.37. The summed E-state index contributed by atoms with van der Waals surface area (Å²) in [6.45, 7) is 0. The number of nitrogens with one attached hydrogen (secondary N) is 1. The summed E-state index contributed by atoms with van der Waals surface area (Å²) in [5, 5.41) is 9.64. The highest BCUT2D eigenvalue weighted by molar-refractivity contribution is 6.99. The number of anilines is 1. The lowest BCUT2D eigenvalue weighted by molar-refractivity contribution is 0.126. The van der Waals surface area contributed by atoms with Gasteiger partial charge >= 0.3 is 5.56 Å². The van der Waals surface area contributed by atoms with Crippen molar-refractivity contribution >= 4 is 17.5 Å². The van der Waals surface area contributed by atoms with Gasteiger partial charge in [0, 0.05) is 23.8 Å². The molecule has 0 radical (unpaired) electrons. The average Bonchev–Trinajstić information content (AvgIpc) is 2.69. The van der Waals surface area contributed by atoms with E-state index in [2.05, 4.69) is 13.6 Å². The summed E-state index contributed by atoms with van der Waals surface area (Å²) in [6, 6.07) is 0.615. The van der Waals surface area contributed by atoms with E-state index in [0.717, 1.165) is 37.4 Å². The van der Waals surface area contributed by atoms with Crippen molar-refractivity contribution in [3.63, 3.8) is 0 Å². The van der Waals surface area contributed by atoms with E-state index in [-0.39, 0.29) is 11.7 Å². The van der Waals surface area contributed by atoms with Gasteiger partial charge in [-0.05, 0) is 25.7 Å². The van der Waals surface area contributed by atoms with Crippen LogP contribution in [-0.2, 0) is 0 Å². The normalized spacial score (nSPS) is 34.7. The first-order valence-corrected chi connectivity index (χ1v) is 6.04. The Bertz CT molecular complexity index is 401. The van der Waals surface area contributed by atoms with Gasteiger partial charge in [-0.2, -0.15) is 4.37 Å². The SMILES string of the molecule is O=c1[nH]snc1N1C2CCC1CC(O)C2. The van der Waals surface area contributed by atoms with E-state index < -0.39 is 0 Å². The van der Waals surface area contributed by atoms with Crippen LogP contribution in [0.4, 0.5) is 5.82 Å². The number of hydrogen-bond donors (Lipinski definition) is 2. The smallest absolute Gasteiger partial charge is 0.302 e. The number of aliphatic hydroxyl groups excluding tert-OH is 1. The van der Waals surface area contributed by atoms with Crippen LogP contribution in [0.3, 0.4) is 0 Å². The molecule has 2 aliphatic rings. The summed E-state index contributed by atoms with van der Waals surface area (Å²) in [6.07, 6.45) is 3.48. The number of fused-ring (bicyclic) bond motifs is 2. The molecule has 0 aliphatic carbocycles. The predicted octanol–water partition coefficient (Wildman–Crippen LogP) is 0.324. The Morgan fingerprint density at radius 1 is 1.40 bits per heavy atom. The molecule has 15 heavy (non-hydrogen) atoms. The molecule has 5 nitrogen and oxygen atoms in total. The van der Waals surface area contributed by atoms with Crippen molar-refractivity contribution in [3.05, 3.63) is 10.4 Å². The molecular formula is C9H13N3O2S. The van der Waals surface area contributed by atoms with E-state index in [0.29, 0.717) is 17.9 Å². The Morgan fingerprint density at radius 2 is 2.07 bits per heavy atom. The van der Waals surface area contributed by atoms with Crippen LogP contribution in [-0.4, -0.2) is 32.0 Å². The number of rotatable bonds is 1. The van der Waals surface area contributed by atoms with Crippen LogP contribution >= 0.6 is 11.7 Å². The number of H-pyrrole nitrogens is 1. The molecule has 3 heterocycles. The molecule has 6 heteroatoms. The van der Waals surface area contributed by atoms with E-state index in [9.17, 15) is 9.90 Å². The Hall–Kier alpha value is -0.880. The third-order valence-corrected chi connectivity index (χ3v) is 3.97. The molecule has 2 N–H and O–H groups in total. The minimum atomic E-state index is -0.198. The first kappa shape index (κ1) is 9.35. The third-order valence-electron chi connectivity index (χ3n) is 3.43. The van der Waals surface area contributed by atoms with Crippen LogP contribution < -0.4 is 10.5 Å². The van der Waals surface area contributed by atoms with Crippen molar-refractivity contribution in [1.29, 1.82) is 0 Å². The zero-order valence-electron chi connectivity index (χ0n) is 8.22. The van der Waals surface area contributed by atoms with Gasteiger partial charge < -0.3 is 10.0 Å². The van der Waals surface area contributed by atoms with Gasteiger partial charge in [0.05, 0.1) is 6.10 Å². The monoisotopic (exact) mass is 227 g/mol. The lowest BCUT2D eigenvalue weighted by Gasteiger charge is -2.36. The maximum Gasteiger partial charge on any atom is 0.302 e.